The van der Waals surface area contributed by atoms with Crippen molar-refractivity contribution in [3.05, 3.63) is 28.5 Å². The van der Waals surface area contributed by atoms with E-state index in [9.17, 15) is 0 Å². The van der Waals surface area contributed by atoms with Gasteiger partial charge in [-0.3, -0.25) is 4.98 Å². The van der Waals surface area contributed by atoms with Gasteiger partial charge in [-0.05, 0) is 40.7 Å². The van der Waals surface area contributed by atoms with Gasteiger partial charge in [-0.15, -0.1) is 0 Å². The maximum atomic E-state index is 4.31. The summed E-state index contributed by atoms with van der Waals surface area (Å²) in [5.41, 5.74) is 1.09. The second-order valence-corrected chi connectivity index (χ2v) is 5.64. The van der Waals surface area contributed by atoms with Crippen LogP contribution in [0.1, 0.15) is 19.5 Å². The molecule has 0 fully saturated rings. The van der Waals surface area contributed by atoms with Gasteiger partial charge in [0, 0.05) is 29.0 Å². The largest absolute Gasteiger partial charge is 0.308 e. The topological polar surface area (TPSA) is 24.9 Å². The molecule has 0 spiro atoms. The van der Waals surface area contributed by atoms with Gasteiger partial charge in [0.15, 0.2) is 0 Å². The van der Waals surface area contributed by atoms with Gasteiger partial charge in [-0.1, -0.05) is 6.92 Å². The molecule has 0 aliphatic rings. The number of thioether (sulfide) groups is 1. The lowest BCUT2D eigenvalue weighted by molar-refractivity contribution is 0.588. The van der Waals surface area contributed by atoms with E-state index in [0.29, 0.717) is 6.04 Å². The number of nitrogens with one attached hydrogen (secondary N) is 1. The molecule has 84 valence electrons. The normalized spacial score (nSPS) is 12.7. The van der Waals surface area contributed by atoms with Crippen LogP contribution in [0.3, 0.4) is 0 Å². The highest BCUT2D eigenvalue weighted by Crippen LogP contribution is 2.07. The maximum absolute atomic E-state index is 4.31. The third-order valence-corrected chi connectivity index (χ3v) is 3.61. The third kappa shape index (κ3) is 5.54. The molecule has 1 rings (SSSR count). The first-order chi connectivity index (χ1) is 7.22. The van der Waals surface area contributed by atoms with E-state index in [0.717, 1.165) is 22.5 Å². The molecule has 1 aromatic rings. The van der Waals surface area contributed by atoms with Crippen molar-refractivity contribution in [3.63, 3.8) is 0 Å². The Morgan fingerprint density at radius 2 is 2.33 bits per heavy atom. The Morgan fingerprint density at radius 1 is 1.53 bits per heavy atom. The highest BCUT2D eigenvalue weighted by molar-refractivity contribution is 9.10. The monoisotopic (exact) mass is 288 g/mol. The first-order valence-corrected chi connectivity index (χ1v) is 7.08. The SMILES string of the molecule is CCSCC(C)NCc1ccc(Br)cn1. The second-order valence-electron chi connectivity index (χ2n) is 3.41. The number of hydrogen-bond donors (Lipinski definition) is 1. The van der Waals surface area contributed by atoms with Gasteiger partial charge in [-0.25, -0.2) is 0 Å². The number of nitrogens with zero attached hydrogens (tertiary/aromatic N) is 1. The average molecular weight is 289 g/mol. The predicted octanol–water partition coefficient (Wildman–Crippen LogP) is 3.08. The molecule has 0 saturated heterocycles. The molecule has 1 heterocycles. The third-order valence-electron chi connectivity index (χ3n) is 1.99. The number of pyridine rings is 1. The van der Waals surface area contributed by atoms with Crippen molar-refractivity contribution in [2.45, 2.75) is 26.4 Å². The van der Waals surface area contributed by atoms with Crippen LogP contribution in [0.4, 0.5) is 0 Å². The van der Waals surface area contributed by atoms with Crippen LogP contribution >= 0.6 is 27.7 Å². The molecule has 1 N–H and O–H groups in total. The zero-order valence-electron chi connectivity index (χ0n) is 9.16. The van der Waals surface area contributed by atoms with Crippen LogP contribution in [0.25, 0.3) is 0 Å². The molecule has 0 bridgehead atoms. The summed E-state index contributed by atoms with van der Waals surface area (Å²) < 4.78 is 1.03. The number of aromatic nitrogens is 1. The van der Waals surface area contributed by atoms with Crippen LogP contribution in [0.2, 0.25) is 0 Å². The van der Waals surface area contributed by atoms with Gasteiger partial charge < -0.3 is 5.32 Å². The van der Waals surface area contributed by atoms with Crippen LogP contribution in [0.15, 0.2) is 22.8 Å². The summed E-state index contributed by atoms with van der Waals surface area (Å²) in [4.78, 5) is 4.31. The summed E-state index contributed by atoms with van der Waals surface area (Å²) in [5.74, 6) is 2.34. The molecule has 4 heteroatoms. The van der Waals surface area contributed by atoms with E-state index in [1.807, 2.05) is 30.1 Å². The van der Waals surface area contributed by atoms with Crippen molar-refractivity contribution in [3.8, 4) is 0 Å². The van der Waals surface area contributed by atoms with Crippen molar-refractivity contribution in [1.29, 1.82) is 0 Å². The van der Waals surface area contributed by atoms with E-state index in [4.69, 9.17) is 0 Å². The molecular weight excluding hydrogens is 272 g/mol. The fourth-order valence-electron chi connectivity index (χ4n) is 1.14. The number of halogens is 1. The van der Waals surface area contributed by atoms with E-state index in [1.54, 1.807) is 0 Å². The molecule has 15 heavy (non-hydrogen) atoms. The molecule has 0 amide bonds. The molecule has 0 aliphatic carbocycles. The lowest BCUT2D eigenvalue weighted by Gasteiger charge is -2.12. The maximum Gasteiger partial charge on any atom is 0.0542 e. The minimum atomic E-state index is 0.542. The molecule has 0 aliphatic heterocycles. The zero-order valence-corrected chi connectivity index (χ0v) is 11.6. The summed E-state index contributed by atoms with van der Waals surface area (Å²) >= 11 is 5.34. The molecule has 1 atom stereocenters. The predicted molar refractivity (Wildman–Crippen MR) is 71.2 cm³/mol. The van der Waals surface area contributed by atoms with Gasteiger partial charge in [-0.2, -0.15) is 11.8 Å². The highest BCUT2D eigenvalue weighted by atomic mass is 79.9. The molecule has 0 saturated carbocycles. The molecule has 1 unspecified atom stereocenters. The summed E-state index contributed by atoms with van der Waals surface area (Å²) in [6.45, 7) is 5.24. The average Bonchev–Trinajstić information content (AvgIpc) is 2.25. The lowest BCUT2D eigenvalue weighted by atomic mass is 10.3. The Bertz CT molecular complexity index is 276. The second kappa shape index (κ2) is 7.25. The summed E-state index contributed by atoms with van der Waals surface area (Å²) in [6, 6.07) is 4.60. The molecule has 2 nitrogen and oxygen atoms in total. The fourth-order valence-corrected chi connectivity index (χ4v) is 2.09. The van der Waals surface area contributed by atoms with Gasteiger partial charge in [0.1, 0.15) is 0 Å². The quantitative estimate of drug-likeness (QED) is 0.871. The smallest absolute Gasteiger partial charge is 0.0542 e. The van der Waals surface area contributed by atoms with E-state index in [2.05, 4.69) is 40.1 Å². The van der Waals surface area contributed by atoms with Crippen molar-refractivity contribution in [2.75, 3.05) is 11.5 Å². The van der Waals surface area contributed by atoms with Crippen LogP contribution in [0, 0.1) is 0 Å². The van der Waals surface area contributed by atoms with E-state index < -0.39 is 0 Å². The highest BCUT2D eigenvalue weighted by Gasteiger charge is 2.01. The minimum Gasteiger partial charge on any atom is -0.308 e. The Balaban J connectivity index is 2.27. The number of hydrogen-bond acceptors (Lipinski definition) is 3. The number of rotatable bonds is 6. The summed E-state index contributed by atoms with van der Waals surface area (Å²) in [5, 5.41) is 3.45. The summed E-state index contributed by atoms with van der Waals surface area (Å²) in [7, 11) is 0. The standard InChI is InChI=1S/C11H17BrN2S/c1-3-15-8-9(2)13-7-11-5-4-10(12)6-14-11/h4-6,9,13H,3,7-8H2,1-2H3. The fraction of sp³-hybridized carbons (Fsp3) is 0.545. The van der Waals surface area contributed by atoms with Gasteiger partial charge in [0.2, 0.25) is 0 Å². The Morgan fingerprint density at radius 3 is 2.93 bits per heavy atom. The van der Waals surface area contributed by atoms with Gasteiger partial charge >= 0.3 is 0 Å². The van der Waals surface area contributed by atoms with Crippen LogP contribution < -0.4 is 5.32 Å². The Labute approximate surface area is 104 Å². The molecule has 0 radical (unpaired) electrons. The van der Waals surface area contributed by atoms with E-state index in [1.165, 1.54) is 5.75 Å². The lowest BCUT2D eigenvalue weighted by Crippen LogP contribution is -2.28. The Hall–Kier alpha value is -0.0600. The first-order valence-electron chi connectivity index (χ1n) is 5.14. The van der Waals surface area contributed by atoms with E-state index in [-0.39, 0.29) is 0 Å². The van der Waals surface area contributed by atoms with Crippen molar-refractivity contribution in [2.24, 2.45) is 0 Å². The first kappa shape index (κ1) is 13.0. The van der Waals surface area contributed by atoms with Crippen molar-refractivity contribution in [1.82, 2.24) is 10.3 Å². The van der Waals surface area contributed by atoms with Crippen molar-refractivity contribution >= 4 is 27.7 Å². The van der Waals surface area contributed by atoms with Gasteiger partial charge in [0.05, 0.1) is 5.69 Å². The van der Waals surface area contributed by atoms with Gasteiger partial charge in [0.25, 0.3) is 0 Å². The molecular formula is C11H17BrN2S. The van der Waals surface area contributed by atoms with E-state index >= 15 is 0 Å². The molecule has 0 aromatic carbocycles. The van der Waals surface area contributed by atoms with Crippen LogP contribution in [-0.4, -0.2) is 22.5 Å². The van der Waals surface area contributed by atoms with Crippen molar-refractivity contribution < 1.29 is 0 Å². The van der Waals surface area contributed by atoms with Crippen LogP contribution in [-0.2, 0) is 6.54 Å². The summed E-state index contributed by atoms with van der Waals surface area (Å²) in [6.07, 6.45) is 1.84. The molecule has 1 aromatic heterocycles. The van der Waals surface area contributed by atoms with Crippen LogP contribution in [0.5, 0.6) is 0 Å². The zero-order chi connectivity index (χ0) is 11.1. The minimum absolute atomic E-state index is 0.542. The Kier molecular flexibility index (Phi) is 6.29.